The molecular weight excluding hydrogens is 324 g/mol. The summed E-state index contributed by atoms with van der Waals surface area (Å²) in [4.78, 5) is 28.6. The first-order chi connectivity index (χ1) is 11.5. The predicted octanol–water partition coefficient (Wildman–Crippen LogP) is 0.861. The number of aromatic nitrogens is 4. The lowest BCUT2D eigenvalue weighted by atomic mass is 10.1. The molecule has 0 bridgehead atoms. The summed E-state index contributed by atoms with van der Waals surface area (Å²) < 4.78 is 28.5. The molecule has 1 fully saturated rings. The molecule has 10 heteroatoms. The molecule has 3 rings (SSSR count). The number of carbonyl (C=O) groups is 1. The van der Waals surface area contributed by atoms with Crippen LogP contribution in [0.1, 0.15) is 30.4 Å². The van der Waals surface area contributed by atoms with Gasteiger partial charge in [-0.25, -0.2) is 19.1 Å². The SMILES string of the molecule is Cn1nnn(-c2cccc(C(F)F)c2CONC(=O)C2CC2)c1=O. The second-order valence-corrected chi connectivity index (χ2v) is 5.47. The molecule has 0 spiro atoms. The third-order valence-corrected chi connectivity index (χ3v) is 3.71. The molecule has 1 N–H and O–H groups in total. The van der Waals surface area contributed by atoms with Crippen molar-refractivity contribution in [3.8, 4) is 5.69 Å². The Hall–Kier alpha value is -2.62. The van der Waals surface area contributed by atoms with Gasteiger partial charge in [-0.15, -0.1) is 0 Å². The molecule has 8 nitrogen and oxygen atoms in total. The topological polar surface area (TPSA) is 91.0 Å². The number of nitrogens with one attached hydrogen (secondary N) is 1. The van der Waals surface area contributed by atoms with E-state index in [9.17, 15) is 18.4 Å². The highest BCUT2D eigenvalue weighted by Crippen LogP contribution is 2.29. The van der Waals surface area contributed by atoms with Gasteiger partial charge >= 0.3 is 5.69 Å². The van der Waals surface area contributed by atoms with Crippen LogP contribution in [0.5, 0.6) is 0 Å². The highest BCUT2D eigenvalue weighted by atomic mass is 19.3. The fourth-order valence-electron chi connectivity index (χ4n) is 2.23. The van der Waals surface area contributed by atoms with Gasteiger partial charge < -0.3 is 0 Å². The van der Waals surface area contributed by atoms with Crippen molar-refractivity contribution in [1.29, 1.82) is 0 Å². The van der Waals surface area contributed by atoms with Crippen molar-refractivity contribution in [3.05, 3.63) is 39.8 Å². The molecule has 0 saturated heterocycles. The molecular formula is C14H15F2N5O3. The molecule has 128 valence electrons. The number of aryl methyl sites for hydroxylation is 1. The second kappa shape index (κ2) is 6.48. The number of hydrogen-bond acceptors (Lipinski definition) is 5. The summed E-state index contributed by atoms with van der Waals surface area (Å²) in [6.07, 6.45) is -1.18. The number of benzene rings is 1. The Labute approximate surface area is 135 Å². The minimum absolute atomic E-state index is 0.0613. The summed E-state index contributed by atoms with van der Waals surface area (Å²) in [6.45, 7) is -0.322. The third kappa shape index (κ3) is 3.18. The quantitative estimate of drug-likeness (QED) is 0.788. The van der Waals surface area contributed by atoms with Crippen LogP contribution in [0.25, 0.3) is 5.69 Å². The number of hydrogen-bond donors (Lipinski definition) is 1. The average Bonchev–Trinajstić information content (AvgIpc) is 3.35. The van der Waals surface area contributed by atoms with Gasteiger partial charge in [-0.3, -0.25) is 9.63 Å². The van der Waals surface area contributed by atoms with Gasteiger partial charge in [0.15, 0.2) is 0 Å². The van der Waals surface area contributed by atoms with E-state index in [4.69, 9.17) is 4.84 Å². The lowest BCUT2D eigenvalue weighted by Crippen LogP contribution is -2.26. The maximum atomic E-state index is 13.3. The molecule has 1 saturated carbocycles. The molecule has 0 atom stereocenters. The van der Waals surface area contributed by atoms with Crippen LogP contribution in [-0.2, 0) is 23.3 Å². The van der Waals surface area contributed by atoms with Crippen LogP contribution < -0.4 is 11.2 Å². The van der Waals surface area contributed by atoms with Gasteiger partial charge in [0.25, 0.3) is 6.43 Å². The van der Waals surface area contributed by atoms with Crippen LogP contribution in [0.15, 0.2) is 23.0 Å². The Morgan fingerprint density at radius 1 is 1.42 bits per heavy atom. The summed E-state index contributed by atoms with van der Waals surface area (Å²) in [5, 5.41) is 7.22. The smallest absolute Gasteiger partial charge is 0.273 e. The number of rotatable bonds is 6. The molecule has 0 aliphatic heterocycles. The van der Waals surface area contributed by atoms with Crippen LogP contribution in [0, 0.1) is 5.92 Å². The summed E-state index contributed by atoms with van der Waals surface area (Å²) in [6, 6.07) is 4.09. The van der Waals surface area contributed by atoms with Crippen molar-refractivity contribution in [1.82, 2.24) is 25.3 Å². The van der Waals surface area contributed by atoms with Crippen molar-refractivity contribution in [2.24, 2.45) is 13.0 Å². The van der Waals surface area contributed by atoms with Gasteiger partial charge in [-0.2, -0.15) is 9.36 Å². The summed E-state index contributed by atoms with van der Waals surface area (Å²) in [7, 11) is 1.40. The van der Waals surface area contributed by atoms with Crippen LogP contribution in [0.2, 0.25) is 0 Å². The largest absolute Gasteiger partial charge is 0.368 e. The zero-order valence-corrected chi connectivity index (χ0v) is 12.8. The van der Waals surface area contributed by atoms with Gasteiger partial charge in [0.05, 0.1) is 5.69 Å². The van der Waals surface area contributed by atoms with E-state index in [1.54, 1.807) is 0 Å². The first-order valence-corrected chi connectivity index (χ1v) is 7.30. The standard InChI is InChI=1S/C14H15F2N5O3/c1-20-14(23)21(19-18-20)11-4-2-3-9(12(15)16)10(11)7-24-17-13(22)8-5-6-8/h2-4,8,12H,5-7H2,1H3,(H,17,22). The Morgan fingerprint density at radius 3 is 2.75 bits per heavy atom. The number of tetrazole rings is 1. The van der Waals surface area contributed by atoms with Crippen molar-refractivity contribution in [2.45, 2.75) is 25.9 Å². The molecule has 0 radical (unpaired) electrons. The molecule has 2 aromatic rings. The van der Waals surface area contributed by atoms with Crippen molar-refractivity contribution >= 4 is 5.91 Å². The van der Waals surface area contributed by atoms with Gasteiger partial charge in [0.1, 0.15) is 6.61 Å². The molecule has 1 heterocycles. The van der Waals surface area contributed by atoms with Crippen LogP contribution in [0.3, 0.4) is 0 Å². The van der Waals surface area contributed by atoms with Crippen molar-refractivity contribution in [2.75, 3.05) is 0 Å². The number of amides is 1. The Kier molecular flexibility index (Phi) is 4.38. The first kappa shape index (κ1) is 16.2. The Bertz CT molecular complexity index is 813. The molecule has 1 aromatic heterocycles. The highest BCUT2D eigenvalue weighted by Gasteiger charge is 2.30. The summed E-state index contributed by atoms with van der Waals surface area (Å²) >= 11 is 0. The normalized spacial score (nSPS) is 14.2. The highest BCUT2D eigenvalue weighted by molar-refractivity contribution is 5.79. The maximum absolute atomic E-state index is 13.3. The molecule has 1 aliphatic rings. The van der Waals surface area contributed by atoms with Gasteiger partial charge in [-0.1, -0.05) is 12.1 Å². The van der Waals surface area contributed by atoms with E-state index in [2.05, 4.69) is 15.9 Å². The Balaban J connectivity index is 1.90. The lowest BCUT2D eigenvalue weighted by Gasteiger charge is -2.14. The molecule has 24 heavy (non-hydrogen) atoms. The summed E-state index contributed by atoms with van der Waals surface area (Å²) in [5.74, 6) is -0.347. The van der Waals surface area contributed by atoms with Gasteiger partial charge in [-0.05, 0) is 29.3 Å². The number of hydroxylamine groups is 1. The minimum atomic E-state index is -2.77. The molecule has 1 aromatic carbocycles. The zero-order chi connectivity index (χ0) is 17.3. The van der Waals surface area contributed by atoms with E-state index in [1.807, 2.05) is 0 Å². The molecule has 0 unspecified atom stereocenters. The van der Waals surface area contributed by atoms with E-state index < -0.39 is 12.1 Å². The van der Waals surface area contributed by atoms with E-state index in [0.29, 0.717) is 0 Å². The minimum Gasteiger partial charge on any atom is -0.273 e. The monoisotopic (exact) mass is 339 g/mol. The van der Waals surface area contributed by atoms with Crippen LogP contribution in [-0.4, -0.2) is 25.7 Å². The second-order valence-electron chi connectivity index (χ2n) is 5.47. The summed E-state index contributed by atoms with van der Waals surface area (Å²) in [5.41, 5.74) is 1.56. The van der Waals surface area contributed by atoms with E-state index in [1.165, 1.54) is 25.2 Å². The zero-order valence-electron chi connectivity index (χ0n) is 12.8. The number of alkyl halides is 2. The molecule has 1 aliphatic carbocycles. The van der Waals surface area contributed by atoms with Crippen LogP contribution in [0.4, 0.5) is 8.78 Å². The number of carbonyl (C=O) groups excluding carboxylic acids is 1. The van der Waals surface area contributed by atoms with E-state index in [0.717, 1.165) is 22.2 Å². The van der Waals surface area contributed by atoms with Crippen molar-refractivity contribution in [3.63, 3.8) is 0 Å². The van der Waals surface area contributed by atoms with Gasteiger partial charge in [0.2, 0.25) is 5.91 Å². The number of nitrogens with zero attached hydrogens (tertiary/aromatic N) is 4. The van der Waals surface area contributed by atoms with Gasteiger partial charge in [0, 0.05) is 24.1 Å². The predicted molar refractivity (Wildman–Crippen MR) is 77.2 cm³/mol. The van der Waals surface area contributed by atoms with Crippen molar-refractivity contribution < 1.29 is 18.4 Å². The average molecular weight is 339 g/mol. The number of halogens is 2. The fourth-order valence-corrected chi connectivity index (χ4v) is 2.23. The maximum Gasteiger partial charge on any atom is 0.368 e. The lowest BCUT2D eigenvalue weighted by molar-refractivity contribution is -0.135. The first-order valence-electron chi connectivity index (χ1n) is 7.30. The molecule has 1 amide bonds. The Morgan fingerprint density at radius 2 is 2.17 bits per heavy atom. The van der Waals surface area contributed by atoms with E-state index >= 15 is 0 Å². The van der Waals surface area contributed by atoms with E-state index in [-0.39, 0.29) is 35.2 Å². The fraction of sp³-hybridized carbons (Fsp3) is 0.429. The van der Waals surface area contributed by atoms with Crippen LogP contribution >= 0.6 is 0 Å². The third-order valence-electron chi connectivity index (χ3n) is 3.71.